The summed E-state index contributed by atoms with van der Waals surface area (Å²) in [6.07, 6.45) is 0. The Morgan fingerprint density at radius 3 is 2.43 bits per heavy atom. The maximum atomic E-state index is 14.0. The maximum Gasteiger partial charge on any atom is 0.150 e. The van der Waals surface area contributed by atoms with Crippen molar-refractivity contribution >= 4 is 45.8 Å². The molecule has 0 fully saturated rings. The minimum Gasteiger partial charge on any atom is -0.292 e. The van der Waals surface area contributed by atoms with Crippen LogP contribution in [0.1, 0.15) is 5.82 Å². The molecule has 2 aromatic carbocycles. The fourth-order valence-corrected chi connectivity index (χ4v) is 2.64. The van der Waals surface area contributed by atoms with E-state index in [-0.39, 0.29) is 11.6 Å². The number of nitrogens with zero attached hydrogens (tertiary/aromatic N) is 2. The molecule has 1 aromatic heterocycles. The quantitative estimate of drug-likeness (QED) is 0.571. The van der Waals surface area contributed by atoms with Crippen molar-refractivity contribution in [3.05, 3.63) is 57.8 Å². The minimum atomic E-state index is -0.716. The van der Waals surface area contributed by atoms with Crippen LogP contribution in [-0.4, -0.2) is 9.55 Å². The molecule has 0 aliphatic heterocycles. The van der Waals surface area contributed by atoms with Gasteiger partial charge in [-0.25, -0.2) is 13.8 Å². The monoisotopic (exact) mass is 346 g/mol. The van der Waals surface area contributed by atoms with Crippen molar-refractivity contribution in [2.24, 2.45) is 0 Å². The number of benzene rings is 2. The molecule has 21 heavy (non-hydrogen) atoms. The van der Waals surface area contributed by atoms with Crippen LogP contribution in [0.5, 0.6) is 0 Å². The molecule has 0 aliphatic rings. The lowest BCUT2D eigenvalue weighted by molar-refractivity contribution is 0.577. The standard InChI is InChI=1S/C14H7Cl3F2N2/c15-6-14-20-11-4-8(16)9(17)5-13(11)21(14)12-2-1-7(18)3-10(12)19/h1-5H,6H2. The largest absolute Gasteiger partial charge is 0.292 e. The highest BCUT2D eigenvalue weighted by Crippen LogP contribution is 2.31. The van der Waals surface area contributed by atoms with Gasteiger partial charge in [-0.15, -0.1) is 11.6 Å². The predicted molar refractivity (Wildman–Crippen MR) is 80.6 cm³/mol. The lowest BCUT2D eigenvalue weighted by atomic mass is 10.2. The number of fused-ring (bicyclic) bond motifs is 1. The van der Waals surface area contributed by atoms with E-state index in [1.165, 1.54) is 16.7 Å². The number of hydrogen-bond acceptors (Lipinski definition) is 1. The van der Waals surface area contributed by atoms with Gasteiger partial charge in [0.2, 0.25) is 0 Å². The number of hydrogen-bond donors (Lipinski definition) is 0. The van der Waals surface area contributed by atoms with Gasteiger partial charge in [0.15, 0.2) is 0 Å². The third-order valence-corrected chi connectivity index (χ3v) is 4.00. The van der Waals surface area contributed by atoms with Gasteiger partial charge in [0.1, 0.15) is 17.5 Å². The van der Waals surface area contributed by atoms with Crippen LogP contribution in [0.2, 0.25) is 10.0 Å². The lowest BCUT2D eigenvalue weighted by Crippen LogP contribution is -2.02. The summed E-state index contributed by atoms with van der Waals surface area (Å²) >= 11 is 17.8. The van der Waals surface area contributed by atoms with E-state index < -0.39 is 11.6 Å². The zero-order valence-electron chi connectivity index (χ0n) is 10.4. The summed E-state index contributed by atoms with van der Waals surface area (Å²) in [4.78, 5) is 4.30. The van der Waals surface area contributed by atoms with Crippen molar-refractivity contribution in [1.29, 1.82) is 0 Å². The van der Waals surface area contributed by atoms with E-state index in [1.54, 1.807) is 12.1 Å². The summed E-state index contributed by atoms with van der Waals surface area (Å²) < 4.78 is 28.6. The second-order valence-electron chi connectivity index (χ2n) is 4.35. The molecule has 3 aromatic rings. The zero-order chi connectivity index (χ0) is 15.1. The highest BCUT2D eigenvalue weighted by atomic mass is 35.5. The zero-order valence-corrected chi connectivity index (χ0v) is 12.6. The number of alkyl halides is 1. The van der Waals surface area contributed by atoms with E-state index in [2.05, 4.69) is 4.98 Å². The first-order chi connectivity index (χ1) is 10.0. The number of halogens is 5. The Morgan fingerprint density at radius 2 is 1.76 bits per heavy atom. The topological polar surface area (TPSA) is 17.8 Å². The van der Waals surface area contributed by atoms with Crippen molar-refractivity contribution in [3.63, 3.8) is 0 Å². The molecular weight excluding hydrogens is 341 g/mol. The molecule has 0 saturated carbocycles. The van der Waals surface area contributed by atoms with Crippen molar-refractivity contribution in [1.82, 2.24) is 9.55 Å². The second kappa shape index (κ2) is 5.44. The average molecular weight is 348 g/mol. The lowest BCUT2D eigenvalue weighted by Gasteiger charge is -2.09. The summed E-state index contributed by atoms with van der Waals surface area (Å²) in [5, 5.41) is 0.656. The van der Waals surface area contributed by atoms with E-state index >= 15 is 0 Å². The molecule has 7 heteroatoms. The fourth-order valence-electron chi connectivity index (χ4n) is 2.14. The first kappa shape index (κ1) is 14.6. The van der Waals surface area contributed by atoms with E-state index in [1.807, 2.05) is 0 Å². The van der Waals surface area contributed by atoms with Gasteiger partial charge in [-0.05, 0) is 24.3 Å². The van der Waals surface area contributed by atoms with Gasteiger partial charge in [-0.3, -0.25) is 4.57 Å². The normalized spacial score (nSPS) is 11.3. The molecule has 0 spiro atoms. The van der Waals surface area contributed by atoms with Gasteiger partial charge >= 0.3 is 0 Å². The number of imidazole rings is 1. The third kappa shape index (κ3) is 2.48. The molecule has 0 radical (unpaired) electrons. The molecular formula is C14H7Cl3F2N2. The predicted octanol–water partition coefficient (Wildman–Crippen LogP) is 5.35. The van der Waals surface area contributed by atoms with Gasteiger partial charge in [-0.2, -0.15) is 0 Å². The first-order valence-corrected chi connectivity index (χ1v) is 7.18. The second-order valence-corrected chi connectivity index (χ2v) is 5.43. The van der Waals surface area contributed by atoms with Gasteiger partial charge < -0.3 is 0 Å². The van der Waals surface area contributed by atoms with Crippen LogP contribution in [0, 0.1) is 11.6 Å². The molecule has 0 bridgehead atoms. The first-order valence-electron chi connectivity index (χ1n) is 5.89. The molecule has 0 amide bonds. The highest BCUT2D eigenvalue weighted by molar-refractivity contribution is 6.42. The molecule has 0 atom stereocenters. The van der Waals surface area contributed by atoms with Gasteiger partial charge in [0.05, 0.1) is 32.6 Å². The van der Waals surface area contributed by atoms with Crippen molar-refractivity contribution in [2.45, 2.75) is 5.88 Å². The van der Waals surface area contributed by atoms with Crippen LogP contribution in [-0.2, 0) is 5.88 Å². The van der Waals surface area contributed by atoms with Crippen LogP contribution < -0.4 is 0 Å². The number of rotatable bonds is 2. The van der Waals surface area contributed by atoms with Crippen molar-refractivity contribution in [2.75, 3.05) is 0 Å². The molecule has 0 unspecified atom stereocenters. The average Bonchev–Trinajstić information content (AvgIpc) is 2.77. The van der Waals surface area contributed by atoms with E-state index in [4.69, 9.17) is 34.8 Å². The molecule has 0 aliphatic carbocycles. The Morgan fingerprint density at radius 1 is 1.05 bits per heavy atom. The summed E-state index contributed by atoms with van der Waals surface area (Å²) in [6, 6.07) is 6.44. The molecule has 2 nitrogen and oxygen atoms in total. The van der Waals surface area contributed by atoms with Gasteiger partial charge in [-0.1, -0.05) is 23.2 Å². The number of aromatic nitrogens is 2. The molecule has 1 heterocycles. The van der Waals surface area contributed by atoms with Crippen LogP contribution in [0.15, 0.2) is 30.3 Å². The maximum absolute atomic E-state index is 14.0. The van der Waals surface area contributed by atoms with Gasteiger partial charge in [0, 0.05) is 6.07 Å². The van der Waals surface area contributed by atoms with E-state index in [0.717, 1.165) is 6.07 Å². The van der Waals surface area contributed by atoms with E-state index in [9.17, 15) is 8.78 Å². The molecule has 0 N–H and O–H groups in total. The summed E-state index contributed by atoms with van der Waals surface area (Å²) in [5.74, 6) is -0.905. The Kier molecular flexibility index (Phi) is 3.78. The summed E-state index contributed by atoms with van der Waals surface area (Å²) in [7, 11) is 0. The van der Waals surface area contributed by atoms with Crippen LogP contribution in [0.4, 0.5) is 8.78 Å². The molecule has 3 rings (SSSR count). The minimum absolute atomic E-state index is 0.0563. The summed E-state index contributed by atoms with van der Waals surface area (Å²) in [5.41, 5.74) is 1.22. The smallest absolute Gasteiger partial charge is 0.150 e. The van der Waals surface area contributed by atoms with Crippen molar-refractivity contribution in [3.8, 4) is 5.69 Å². The summed E-state index contributed by atoms with van der Waals surface area (Å²) in [6.45, 7) is 0. The van der Waals surface area contributed by atoms with Crippen LogP contribution >= 0.6 is 34.8 Å². The van der Waals surface area contributed by atoms with Gasteiger partial charge in [0.25, 0.3) is 0 Å². The van der Waals surface area contributed by atoms with Crippen LogP contribution in [0.3, 0.4) is 0 Å². The Hall–Kier alpha value is -1.36. The van der Waals surface area contributed by atoms with Crippen LogP contribution in [0.25, 0.3) is 16.7 Å². The fraction of sp³-hybridized carbons (Fsp3) is 0.0714. The third-order valence-electron chi connectivity index (χ3n) is 3.04. The Labute approximate surface area is 133 Å². The molecule has 0 saturated heterocycles. The SMILES string of the molecule is Fc1ccc(-n2c(CCl)nc3cc(Cl)c(Cl)cc32)c(F)c1. The Balaban J connectivity index is 2.37. The highest BCUT2D eigenvalue weighted by Gasteiger charge is 2.16. The Bertz CT molecular complexity index is 846. The van der Waals surface area contributed by atoms with Crippen molar-refractivity contribution < 1.29 is 8.78 Å². The molecule has 108 valence electrons. The van der Waals surface area contributed by atoms with E-state index in [0.29, 0.717) is 26.9 Å².